The van der Waals surface area contributed by atoms with Crippen LogP contribution in [-0.4, -0.2) is 21.0 Å². The highest BCUT2D eigenvalue weighted by atomic mass is 35.5. The minimum absolute atomic E-state index is 0.317. The number of carboxylic acids is 1. The standard InChI is InChI=1S/C15H13ClN2O2/c16-12-3-1-2-9(7-12)14-17-8-11-6-10(15(19)20)4-5-13(11)18-14/h1-3,7-8,10H,4-6H2,(H,19,20). The molecule has 20 heavy (non-hydrogen) atoms. The fourth-order valence-electron chi connectivity index (χ4n) is 2.48. The molecule has 3 rings (SSSR count). The molecule has 1 aliphatic rings. The van der Waals surface area contributed by atoms with Crippen molar-refractivity contribution in [2.75, 3.05) is 0 Å². The molecule has 0 aliphatic heterocycles. The number of halogens is 1. The Kier molecular flexibility index (Phi) is 3.40. The van der Waals surface area contributed by atoms with E-state index in [2.05, 4.69) is 9.97 Å². The third kappa shape index (κ3) is 2.51. The van der Waals surface area contributed by atoms with Crippen LogP contribution in [0.5, 0.6) is 0 Å². The molecule has 2 aromatic rings. The van der Waals surface area contributed by atoms with Crippen LogP contribution >= 0.6 is 11.6 Å². The Morgan fingerprint density at radius 2 is 2.25 bits per heavy atom. The fourth-order valence-corrected chi connectivity index (χ4v) is 2.68. The van der Waals surface area contributed by atoms with Gasteiger partial charge < -0.3 is 5.11 Å². The molecule has 0 amide bonds. The Labute approximate surface area is 121 Å². The molecule has 102 valence electrons. The molecular weight excluding hydrogens is 276 g/mol. The van der Waals surface area contributed by atoms with Crippen LogP contribution in [0.15, 0.2) is 30.5 Å². The van der Waals surface area contributed by atoms with Gasteiger partial charge in [-0.25, -0.2) is 9.97 Å². The van der Waals surface area contributed by atoms with Gasteiger partial charge in [0.15, 0.2) is 5.82 Å². The molecule has 0 saturated heterocycles. The molecule has 0 fully saturated rings. The average Bonchev–Trinajstić information content (AvgIpc) is 2.46. The van der Waals surface area contributed by atoms with Crippen molar-refractivity contribution in [2.24, 2.45) is 5.92 Å². The number of benzene rings is 1. The van der Waals surface area contributed by atoms with Gasteiger partial charge in [0.25, 0.3) is 0 Å². The summed E-state index contributed by atoms with van der Waals surface area (Å²) in [5, 5.41) is 9.72. The van der Waals surface area contributed by atoms with Gasteiger partial charge in [0.1, 0.15) is 0 Å². The Morgan fingerprint density at radius 1 is 1.40 bits per heavy atom. The third-order valence-corrected chi connectivity index (χ3v) is 3.82. The lowest BCUT2D eigenvalue weighted by molar-refractivity contribution is -0.142. The van der Waals surface area contributed by atoms with E-state index in [1.165, 1.54) is 0 Å². The second-order valence-electron chi connectivity index (χ2n) is 4.95. The van der Waals surface area contributed by atoms with Crippen molar-refractivity contribution in [1.29, 1.82) is 0 Å². The molecule has 1 N–H and O–H groups in total. The number of fused-ring (bicyclic) bond motifs is 1. The van der Waals surface area contributed by atoms with Gasteiger partial charge in [0.2, 0.25) is 0 Å². The van der Waals surface area contributed by atoms with Crippen molar-refractivity contribution in [1.82, 2.24) is 9.97 Å². The van der Waals surface area contributed by atoms with E-state index in [1.54, 1.807) is 12.3 Å². The summed E-state index contributed by atoms with van der Waals surface area (Å²) in [5.41, 5.74) is 2.77. The van der Waals surface area contributed by atoms with Crippen molar-refractivity contribution in [3.8, 4) is 11.4 Å². The van der Waals surface area contributed by atoms with Crippen LogP contribution in [0.2, 0.25) is 5.02 Å². The van der Waals surface area contributed by atoms with E-state index in [4.69, 9.17) is 16.7 Å². The van der Waals surface area contributed by atoms with E-state index in [1.807, 2.05) is 18.2 Å². The van der Waals surface area contributed by atoms with Crippen LogP contribution in [0, 0.1) is 5.92 Å². The zero-order valence-corrected chi connectivity index (χ0v) is 11.5. The molecule has 4 nitrogen and oxygen atoms in total. The van der Waals surface area contributed by atoms with Crippen molar-refractivity contribution < 1.29 is 9.90 Å². The molecule has 1 unspecified atom stereocenters. The maximum absolute atomic E-state index is 11.0. The van der Waals surface area contributed by atoms with Gasteiger partial charge in [0, 0.05) is 22.5 Å². The summed E-state index contributed by atoms with van der Waals surface area (Å²) in [6.45, 7) is 0. The summed E-state index contributed by atoms with van der Waals surface area (Å²) in [4.78, 5) is 19.9. The summed E-state index contributed by atoms with van der Waals surface area (Å²) < 4.78 is 0. The van der Waals surface area contributed by atoms with Crippen LogP contribution in [0.1, 0.15) is 17.7 Å². The first-order valence-electron chi connectivity index (χ1n) is 6.47. The van der Waals surface area contributed by atoms with Crippen LogP contribution in [-0.2, 0) is 17.6 Å². The largest absolute Gasteiger partial charge is 0.481 e. The monoisotopic (exact) mass is 288 g/mol. The van der Waals surface area contributed by atoms with E-state index < -0.39 is 5.97 Å². The number of aromatic nitrogens is 2. The molecule has 5 heteroatoms. The van der Waals surface area contributed by atoms with E-state index in [-0.39, 0.29) is 5.92 Å². The van der Waals surface area contributed by atoms with Crippen LogP contribution < -0.4 is 0 Å². The minimum atomic E-state index is -0.741. The topological polar surface area (TPSA) is 63.1 Å². The number of hydrogen-bond donors (Lipinski definition) is 1. The van der Waals surface area contributed by atoms with Crippen LogP contribution in [0.4, 0.5) is 0 Å². The van der Waals surface area contributed by atoms with Gasteiger partial charge in [-0.3, -0.25) is 4.79 Å². The number of aryl methyl sites for hydroxylation is 1. The smallest absolute Gasteiger partial charge is 0.306 e. The molecule has 0 spiro atoms. The summed E-state index contributed by atoms with van der Waals surface area (Å²) >= 11 is 5.97. The lowest BCUT2D eigenvalue weighted by Gasteiger charge is -2.20. The molecule has 1 aromatic heterocycles. The highest BCUT2D eigenvalue weighted by Gasteiger charge is 2.25. The highest BCUT2D eigenvalue weighted by Crippen LogP contribution is 2.26. The molecule has 0 bridgehead atoms. The normalized spacial score (nSPS) is 17.6. The van der Waals surface area contributed by atoms with Crippen molar-refractivity contribution >= 4 is 17.6 Å². The molecule has 1 atom stereocenters. The zero-order chi connectivity index (χ0) is 14.1. The van der Waals surface area contributed by atoms with E-state index in [0.29, 0.717) is 30.1 Å². The van der Waals surface area contributed by atoms with Crippen LogP contribution in [0.3, 0.4) is 0 Å². The van der Waals surface area contributed by atoms with Gasteiger partial charge in [0.05, 0.1) is 5.92 Å². The Hall–Kier alpha value is -1.94. The van der Waals surface area contributed by atoms with Crippen molar-refractivity contribution in [3.05, 3.63) is 46.7 Å². The second-order valence-corrected chi connectivity index (χ2v) is 5.39. The number of nitrogens with zero attached hydrogens (tertiary/aromatic N) is 2. The molecule has 1 aromatic carbocycles. The Bertz CT molecular complexity index is 673. The van der Waals surface area contributed by atoms with Crippen molar-refractivity contribution in [3.63, 3.8) is 0 Å². The molecule has 1 heterocycles. The molecule has 1 aliphatic carbocycles. The molecule has 0 radical (unpaired) electrons. The quantitative estimate of drug-likeness (QED) is 0.923. The van der Waals surface area contributed by atoms with E-state index in [9.17, 15) is 4.79 Å². The first-order valence-corrected chi connectivity index (χ1v) is 6.85. The number of carboxylic acid groups (broad SMARTS) is 1. The zero-order valence-electron chi connectivity index (χ0n) is 10.7. The molecular formula is C15H13ClN2O2. The molecule has 0 saturated carbocycles. The lowest BCUT2D eigenvalue weighted by atomic mass is 9.87. The Balaban J connectivity index is 1.93. The summed E-state index contributed by atoms with van der Waals surface area (Å²) in [7, 11) is 0. The van der Waals surface area contributed by atoms with Crippen molar-refractivity contribution in [2.45, 2.75) is 19.3 Å². The van der Waals surface area contributed by atoms with Gasteiger partial charge in [-0.2, -0.15) is 0 Å². The fraction of sp³-hybridized carbons (Fsp3) is 0.267. The second kappa shape index (κ2) is 5.21. The van der Waals surface area contributed by atoms with Gasteiger partial charge in [-0.05, 0) is 37.0 Å². The predicted molar refractivity (Wildman–Crippen MR) is 75.6 cm³/mol. The highest BCUT2D eigenvalue weighted by molar-refractivity contribution is 6.30. The SMILES string of the molecule is O=C(O)C1CCc2nc(-c3cccc(Cl)c3)ncc2C1. The third-order valence-electron chi connectivity index (χ3n) is 3.58. The van der Waals surface area contributed by atoms with E-state index >= 15 is 0 Å². The maximum atomic E-state index is 11.0. The summed E-state index contributed by atoms with van der Waals surface area (Å²) in [5.74, 6) is -0.419. The number of carbonyl (C=O) groups is 1. The lowest BCUT2D eigenvalue weighted by Crippen LogP contribution is -2.23. The number of aliphatic carboxylic acids is 1. The first-order chi connectivity index (χ1) is 9.63. The first kappa shape index (κ1) is 13.1. The van der Waals surface area contributed by atoms with E-state index in [0.717, 1.165) is 16.8 Å². The average molecular weight is 289 g/mol. The van der Waals surface area contributed by atoms with Gasteiger partial charge in [-0.1, -0.05) is 23.7 Å². The predicted octanol–water partition coefficient (Wildman–Crippen LogP) is 2.99. The maximum Gasteiger partial charge on any atom is 0.306 e. The summed E-state index contributed by atoms with van der Waals surface area (Å²) in [6.07, 6.45) is 3.57. The number of hydrogen-bond acceptors (Lipinski definition) is 3. The summed E-state index contributed by atoms with van der Waals surface area (Å²) in [6, 6.07) is 7.41. The van der Waals surface area contributed by atoms with Gasteiger partial charge in [-0.15, -0.1) is 0 Å². The number of rotatable bonds is 2. The van der Waals surface area contributed by atoms with Gasteiger partial charge >= 0.3 is 5.97 Å². The minimum Gasteiger partial charge on any atom is -0.481 e. The Morgan fingerprint density at radius 3 is 3.00 bits per heavy atom. The van der Waals surface area contributed by atoms with Crippen LogP contribution in [0.25, 0.3) is 11.4 Å².